The number of aliphatic carboxylic acids is 1. The number of carboxylic acids is 1. The Bertz CT molecular complexity index is 562. The van der Waals surface area contributed by atoms with E-state index in [2.05, 4.69) is 0 Å². The van der Waals surface area contributed by atoms with Crippen molar-refractivity contribution in [3.05, 3.63) is 52.9 Å². The zero-order valence-corrected chi connectivity index (χ0v) is 11.2. The zero-order chi connectivity index (χ0) is 13.8. The molecule has 19 heavy (non-hydrogen) atoms. The Morgan fingerprint density at radius 3 is 2.53 bits per heavy atom. The van der Waals surface area contributed by atoms with Gasteiger partial charge in [0, 0.05) is 10.7 Å². The van der Waals surface area contributed by atoms with Gasteiger partial charge < -0.3 is 14.4 Å². The van der Waals surface area contributed by atoms with Crippen LogP contribution in [0, 0.1) is 6.92 Å². The van der Waals surface area contributed by atoms with E-state index >= 15 is 0 Å². The number of furan rings is 1. The molecule has 100 valence electrons. The second-order valence-corrected chi connectivity index (χ2v) is 4.69. The fraction of sp³-hybridized carbons (Fsp3) is 0.214. The maximum atomic E-state index is 11.0. The largest absolute Gasteiger partial charge is 0.480 e. The van der Waals surface area contributed by atoms with Crippen LogP contribution in [0.2, 0.25) is 5.02 Å². The second-order valence-electron chi connectivity index (χ2n) is 4.25. The summed E-state index contributed by atoms with van der Waals surface area (Å²) < 4.78 is 5.36. The minimum absolute atomic E-state index is 0.0955. The number of halogens is 1. The molecule has 0 amide bonds. The van der Waals surface area contributed by atoms with Gasteiger partial charge in [0.1, 0.15) is 12.3 Å². The van der Waals surface area contributed by atoms with Crippen LogP contribution in [-0.4, -0.2) is 17.6 Å². The number of nitrogens with zero attached hydrogens (tertiary/aromatic N) is 1. The quantitative estimate of drug-likeness (QED) is 0.912. The average molecular weight is 280 g/mol. The monoisotopic (exact) mass is 279 g/mol. The van der Waals surface area contributed by atoms with E-state index in [0.717, 1.165) is 17.0 Å². The van der Waals surface area contributed by atoms with Crippen molar-refractivity contribution in [1.82, 2.24) is 0 Å². The van der Waals surface area contributed by atoms with Crippen LogP contribution in [0.25, 0.3) is 0 Å². The molecule has 0 aliphatic carbocycles. The van der Waals surface area contributed by atoms with Gasteiger partial charge in [-0.25, -0.2) is 0 Å². The van der Waals surface area contributed by atoms with E-state index in [-0.39, 0.29) is 6.54 Å². The summed E-state index contributed by atoms with van der Waals surface area (Å²) in [6.07, 6.45) is 1.60. The number of benzene rings is 1. The Kier molecular flexibility index (Phi) is 4.12. The molecule has 1 aromatic heterocycles. The summed E-state index contributed by atoms with van der Waals surface area (Å²) in [6, 6.07) is 8.92. The predicted octanol–water partition coefficient (Wildman–Crippen LogP) is 3.33. The van der Waals surface area contributed by atoms with Gasteiger partial charge >= 0.3 is 5.97 Å². The summed E-state index contributed by atoms with van der Waals surface area (Å²) in [4.78, 5) is 12.7. The van der Waals surface area contributed by atoms with Crippen LogP contribution in [0.1, 0.15) is 11.3 Å². The van der Waals surface area contributed by atoms with E-state index in [1.165, 1.54) is 0 Å². The van der Waals surface area contributed by atoms with E-state index in [1.54, 1.807) is 35.4 Å². The number of carbonyl (C=O) groups is 1. The first kappa shape index (κ1) is 13.5. The normalized spacial score (nSPS) is 10.4. The van der Waals surface area contributed by atoms with Crippen molar-refractivity contribution >= 4 is 23.3 Å². The molecule has 0 saturated heterocycles. The molecule has 0 saturated carbocycles. The van der Waals surface area contributed by atoms with Crippen molar-refractivity contribution in [3.63, 3.8) is 0 Å². The van der Waals surface area contributed by atoms with Crippen molar-refractivity contribution in [2.75, 3.05) is 11.4 Å². The molecule has 0 fully saturated rings. The lowest BCUT2D eigenvalue weighted by atomic mass is 10.2. The minimum Gasteiger partial charge on any atom is -0.480 e. The van der Waals surface area contributed by atoms with Crippen LogP contribution in [0.5, 0.6) is 0 Å². The second kappa shape index (κ2) is 5.80. The van der Waals surface area contributed by atoms with Crippen molar-refractivity contribution in [3.8, 4) is 0 Å². The minimum atomic E-state index is -0.890. The molecule has 1 aromatic carbocycles. The summed E-state index contributed by atoms with van der Waals surface area (Å²) in [5.74, 6) is -0.129. The van der Waals surface area contributed by atoms with Gasteiger partial charge in [0.05, 0.1) is 12.8 Å². The molecule has 2 aromatic rings. The molecule has 0 aliphatic heterocycles. The molecule has 0 spiro atoms. The van der Waals surface area contributed by atoms with Gasteiger partial charge in [-0.2, -0.15) is 0 Å². The number of rotatable bonds is 5. The highest BCUT2D eigenvalue weighted by atomic mass is 35.5. The number of aryl methyl sites for hydroxylation is 1. The molecule has 0 bridgehead atoms. The maximum Gasteiger partial charge on any atom is 0.323 e. The highest BCUT2D eigenvalue weighted by Gasteiger charge is 2.14. The third kappa shape index (κ3) is 3.51. The SMILES string of the molecule is Cc1ccoc1CN(CC(=O)O)c1ccc(Cl)cc1. The van der Waals surface area contributed by atoms with E-state index in [4.69, 9.17) is 21.1 Å². The molecular weight excluding hydrogens is 266 g/mol. The van der Waals surface area contributed by atoms with Gasteiger partial charge in [-0.15, -0.1) is 0 Å². The van der Waals surface area contributed by atoms with E-state index in [9.17, 15) is 4.79 Å². The Morgan fingerprint density at radius 1 is 1.32 bits per heavy atom. The topological polar surface area (TPSA) is 53.7 Å². The van der Waals surface area contributed by atoms with Crippen molar-refractivity contribution in [2.24, 2.45) is 0 Å². The van der Waals surface area contributed by atoms with Crippen LogP contribution in [0.15, 0.2) is 41.0 Å². The number of carboxylic acid groups (broad SMARTS) is 1. The fourth-order valence-corrected chi connectivity index (χ4v) is 1.92. The molecule has 0 radical (unpaired) electrons. The lowest BCUT2D eigenvalue weighted by molar-refractivity contribution is -0.135. The first-order valence-corrected chi connectivity index (χ1v) is 6.19. The zero-order valence-electron chi connectivity index (χ0n) is 10.5. The van der Waals surface area contributed by atoms with E-state index in [0.29, 0.717) is 11.6 Å². The Labute approximate surface area is 116 Å². The fourth-order valence-electron chi connectivity index (χ4n) is 1.79. The summed E-state index contributed by atoms with van der Waals surface area (Å²) >= 11 is 5.84. The lowest BCUT2D eigenvalue weighted by Crippen LogP contribution is -2.29. The van der Waals surface area contributed by atoms with Gasteiger partial charge in [0.15, 0.2) is 0 Å². The van der Waals surface area contributed by atoms with Gasteiger partial charge in [0.2, 0.25) is 0 Å². The van der Waals surface area contributed by atoms with Gasteiger partial charge in [0.25, 0.3) is 0 Å². The summed E-state index contributed by atoms with van der Waals surface area (Å²) in [7, 11) is 0. The van der Waals surface area contributed by atoms with Crippen LogP contribution in [0.4, 0.5) is 5.69 Å². The molecule has 0 atom stereocenters. The maximum absolute atomic E-state index is 11.0. The Morgan fingerprint density at radius 2 is 2.00 bits per heavy atom. The molecule has 0 unspecified atom stereocenters. The summed E-state index contributed by atoms with van der Waals surface area (Å²) in [6.45, 7) is 2.24. The van der Waals surface area contributed by atoms with Gasteiger partial charge in [-0.3, -0.25) is 4.79 Å². The highest BCUT2D eigenvalue weighted by molar-refractivity contribution is 6.30. The van der Waals surface area contributed by atoms with Crippen LogP contribution >= 0.6 is 11.6 Å². The molecule has 4 nitrogen and oxygen atoms in total. The molecule has 0 aliphatic rings. The van der Waals surface area contributed by atoms with Crippen molar-refractivity contribution in [2.45, 2.75) is 13.5 Å². The number of hydrogen-bond acceptors (Lipinski definition) is 3. The molecule has 1 heterocycles. The number of hydrogen-bond donors (Lipinski definition) is 1. The van der Waals surface area contributed by atoms with Crippen LogP contribution in [0.3, 0.4) is 0 Å². The first-order valence-electron chi connectivity index (χ1n) is 5.81. The van der Waals surface area contributed by atoms with E-state index < -0.39 is 5.97 Å². The Hall–Kier alpha value is -1.94. The molecular formula is C14H14ClNO3. The van der Waals surface area contributed by atoms with E-state index in [1.807, 2.05) is 13.0 Å². The highest BCUT2D eigenvalue weighted by Crippen LogP contribution is 2.21. The van der Waals surface area contributed by atoms with Gasteiger partial charge in [-0.05, 0) is 42.8 Å². The van der Waals surface area contributed by atoms with Crippen LogP contribution < -0.4 is 4.90 Å². The molecule has 1 N–H and O–H groups in total. The Balaban J connectivity index is 2.23. The van der Waals surface area contributed by atoms with Crippen LogP contribution in [-0.2, 0) is 11.3 Å². The third-order valence-corrected chi connectivity index (χ3v) is 3.07. The number of anilines is 1. The molecule has 2 rings (SSSR count). The standard InChI is InChI=1S/C14H14ClNO3/c1-10-6-7-19-13(10)8-16(9-14(17)18)12-4-2-11(15)3-5-12/h2-7H,8-9H2,1H3,(H,17,18). The summed E-state index contributed by atoms with van der Waals surface area (Å²) in [5, 5.41) is 9.62. The molecule has 5 heteroatoms. The predicted molar refractivity (Wildman–Crippen MR) is 73.6 cm³/mol. The lowest BCUT2D eigenvalue weighted by Gasteiger charge is -2.22. The average Bonchev–Trinajstić information content (AvgIpc) is 2.75. The third-order valence-electron chi connectivity index (χ3n) is 2.82. The smallest absolute Gasteiger partial charge is 0.323 e. The van der Waals surface area contributed by atoms with Crippen molar-refractivity contribution < 1.29 is 14.3 Å². The van der Waals surface area contributed by atoms with Gasteiger partial charge in [-0.1, -0.05) is 11.6 Å². The first-order chi connectivity index (χ1) is 9.06. The summed E-state index contributed by atoms with van der Waals surface area (Å²) in [5.41, 5.74) is 1.80. The van der Waals surface area contributed by atoms with Crippen molar-refractivity contribution in [1.29, 1.82) is 0 Å².